The summed E-state index contributed by atoms with van der Waals surface area (Å²) in [6.45, 7) is 0.382. The molecule has 7 nitrogen and oxygen atoms in total. The van der Waals surface area contributed by atoms with Crippen molar-refractivity contribution in [2.45, 2.75) is 37.9 Å². The van der Waals surface area contributed by atoms with Crippen LogP contribution >= 0.6 is 0 Å². The Morgan fingerprint density at radius 3 is 2.57 bits per heavy atom. The fourth-order valence-corrected chi connectivity index (χ4v) is 4.39. The summed E-state index contributed by atoms with van der Waals surface area (Å²) in [6.07, 6.45) is 3.03. The van der Waals surface area contributed by atoms with E-state index in [0.29, 0.717) is 24.4 Å². The smallest absolute Gasteiger partial charge is 0.274 e. The average Bonchev–Trinajstić information content (AvgIpc) is 3.57. The van der Waals surface area contributed by atoms with Gasteiger partial charge in [-0.3, -0.25) is 20.1 Å². The molecule has 3 aromatic rings. The van der Waals surface area contributed by atoms with E-state index in [1.807, 2.05) is 12.1 Å². The summed E-state index contributed by atoms with van der Waals surface area (Å²) in [5, 5.41) is 16.5. The van der Waals surface area contributed by atoms with E-state index < -0.39 is 5.91 Å². The van der Waals surface area contributed by atoms with Crippen molar-refractivity contribution in [3.8, 4) is 0 Å². The molecule has 5 N–H and O–H groups in total. The van der Waals surface area contributed by atoms with Crippen molar-refractivity contribution < 1.29 is 14.8 Å². The number of benzene rings is 2. The summed E-state index contributed by atoms with van der Waals surface area (Å²) in [7, 11) is 0. The van der Waals surface area contributed by atoms with Gasteiger partial charge in [0.2, 0.25) is 5.91 Å². The van der Waals surface area contributed by atoms with E-state index in [4.69, 9.17) is 5.21 Å². The van der Waals surface area contributed by atoms with E-state index in [-0.39, 0.29) is 18.0 Å². The van der Waals surface area contributed by atoms with Crippen LogP contribution < -0.4 is 16.1 Å². The molecule has 0 saturated heterocycles. The van der Waals surface area contributed by atoms with Crippen LogP contribution in [0.3, 0.4) is 0 Å². The average molecular weight is 404 g/mol. The fourth-order valence-electron chi connectivity index (χ4n) is 4.39. The number of H-pyrrole nitrogens is 1. The number of amides is 2. The fraction of sp³-hybridized carbons (Fsp3) is 0.304. The third-order valence-corrected chi connectivity index (χ3v) is 6.14. The van der Waals surface area contributed by atoms with Crippen molar-refractivity contribution in [1.82, 2.24) is 21.1 Å². The molecule has 154 valence electrons. The zero-order valence-corrected chi connectivity index (χ0v) is 16.4. The van der Waals surface area contributed by atoms with Crippen LogP contribution in [-0.4, -0.2) is 28.0 Å². The highest BCUT2D eigenvalue weighted by Gasteiger charge is 2.40. The van der Waals surface area contributed by atoms with Crippen LogP contribution in [0.4, 0.5) is 0 Å². The zero-order chi connectivity index (χ0) is 20.7. The minimum Gasteiger partial charge on any atom is -0.357 e. The van der Waals surface area contributed by atoms with Gasteiger partial charge in [-0.05, 0) is 54.5 Å². The van der Waals surface area contributed by atoms with Gasteiger partial charge < -0.3 is 10.3 Å². The Hall–Kier alpha value is -3.16. The zero-order valence-electron chi connectivity index (χ0n) is 16.4. The molecule has 2 aromatic carbocycles. The lowest BCUT2D eigenvalue weighted by atomic mass is 9.91. The van der Waals surface area contributed by atoms with Crippen molar-refractivity contribution in [2.24, 2.45) is 5.92 Å². The van der Waals surface area contributed by atoms with E-state index in [9.17, 15) is 9.59 Å². The van der Waals surface area contributed by atoms with Crippen molar-refractivity contribution >= 4 is 22.7 Å². The Kier molecular flexibility index (Phi) is 4.77. The molecule has 2 atom stereocenters. The molecule has 1 saturated carbocycles. The van der Waals surface area contributed by atoms with E-state index in [1.54, 1.807) is 29.7 Å². The molecule has 0 spiro atoms. The van der Waals surface area contributed by atoms with Crippen LogP contribution in [0.25, 0.3) is 10.9 Å². The molecule has 2 aliphatic rings. The lowest BCUT2D eigenvalue weighted by Gasteiger charge is -2.31. The largest absolute Gasteiger partial charge is 0.357 e. The molecular formula is C23H24N4O3. The molecular weight excluding hydrogens is 380 g/mol. The molecule has 30 heavy (non-hydrogen) atoms. The number of fused-ring (bicyclic) bond motifs is 3. The Bertz CT molecular complexity index is 1100. The Morgan fingerprint density at radius 2 is 1.83 bits per heavy atom. The van der Waals surface area contributed by atoms with E-state index in [0.717, 1.165) is 11.1 Å². The number of para-hydroxylation sites is 1. The van der Waals surface area contributed by atoms with Gasteiger partial charge in [-0.2, -0.15) is 0 Å². The molecule has 1 fully saturated rings. The van der Waals surface area contributed by atoms with Crippen LogP contribution in [0.2, 0.25) is 0 Å². The second-order valence-corrected chi connectivity index (χ2v) is 8.16. The molecule has 2 amide bonds. The molecule has 7 heteroatoms. The lowest BCUT2D eigenvalue weighted by molar-refractivity contribution is -0.123. The number of aromatic nitrogens is 1. The molecule has 1 aliphatic heterocycles. The standard InChI is InChI=1S/C23H24N4O3/c28-22(27-30)15-7-5-13(6-8-15)12-24-23(29)19-11-17-16-3-1-2-4-18(16)25-21(17)20(26-19)14-9-10-14/h1-8,14,19-20,25-26,30H,9-12H2,(H,24,29)(H,27,28)/t19-,20+/m0/s1. The van der Waals surface area contributed by atoms with Crippen LogP contribution in [-0.2, 0) is 17.8 Å². The first-order valence-corrected chi connectivity index (χ1v) is 10.3. The molecule has 0 bridgehead atoms. The summed E-state index contributed by atoms with van der Waals surface area (Å²) < 4.78 is 0. The summed E-state index contributed by atoms with van der Waals surface area (Å²) in [5.74, 6) is 0.00373. The van der Waals surface area contributed by atoms with E-state index in [2.05, 4.69) is 27.8 Å². The lowest BCUT2D eigenvalue weighted by Crippen LogP contribution is -2.49. The number of hydroxylamine groups is 1. The van der Waals surface area contributed by atoms with Gasteiger partial charge in [-0.1, -0.05) is 30.3 Å². The van der Waals surface area contributed by atoms with Gasteiger partial charge in [0.15, 0.2) is 0 Å². The molecule has 1 aliphatic carbocycles. The van der Waals surface area contributed by atoms with Crippen LogP contribution in [0.15, 0.2) is 48.5 Å². The topological polar surface area (TPSA) is 106 Å². The van der Waals surface area contributed by atoms with Crippen molar-refractivity contribution in [2.75, 3.05) is 0 Å². The first kappa shape index (κ1) is 18.8. The summed E-state index contributed by atoms with van der Waals surface area (Å²) in [6, 6.07) is 15.0. The summed E-state index contributed by atoms with van der Waals surface area (Å²) in [4.78, 5) is 28.0. The third kappa shape index (κ3) is 3.46. The van der Waals surface area contributed by atoms with Gasteiger partial charge in [-0.15, -0.1) is 0 Å². The van der Waals surface area contributed by atoms with Crippen molar-refractivity contribution in [3.63, 3.8) is 0 Å². The predicted octanol–water partition coefficient (Wildman–Crippen LogP) is 2.57. The number of hydrogen-bond donors (Lipinski definition) is 5. The van der Waals surface area contributed by atoms with Crippen LogP contribution in [0.5, 0.6) is 0 Å². The maximum Gasteiger partial charge on any atom is 0.274 e. The second kappa shape index (κ2) is 7.59. The highest BCUT2D eigenvalue weighted by molar-refractivity contribution is 5.93. The van der Waals surface area contributed by atoms with Crippen molar-refractivity contribution in [3.05, 3.63) is 70.9 Å². The normalized spacial score (nSPS) is 20.6. The van der Waals surface area contributed by atoms with Crippen molar-refractivity contribution in [1.29, 1.82) is 0 Å². The van der Waals surface area contributed by atoms with E-state index >= 15 is 0 Å². The van der Waals surface area contributed by atoms with Crippen LogP contribution in [0, 0.1) is 5.92 Å². The summed E-state index contributed by atoms with van der Waals surface area (Å²) >= 11 is 0. The Balaban J connectivity index is 1.31. The van der Waals surface area contributed by atoms with Gasteiger partial charge in [0.05, 0.1) is 12.1 Å². The highest BCUT2D eigenvalue weighted by atomic mass is 16.5. The van der Waals surface area contributed by atoms with Gasteiger partial charge >= 0.3 is 0 Å². The maximum absolute atomic E-state index is 13.0. The number of hydrogen-bond acceptors (Lipinski definition) is 4. The molecule has 2 heterocycles. The van der Waals surface area contributed by atoms with Gasteiger partial charge in [-0.25, -0.2) is 5.48 Å². The first-order chi connectivity index (χ1) is 14.6. The van der Waals surface area contributed by atoms with Crippen LogP contribution in [0.1, 0.15) is 46.1 Å². The number of aromatic amines is 1. The second-order valence-electron chi connectivity index (χ2n) is 8.16. The first-order valence-electron chi connectivity index (χ1n) is 10.3. The third-order valence-electron chi connectivity index (χ3n) is 6.14. The number of carbonyl (C=O) groups excluding carboxylic acids is 2. The molecule has 0 radical (unpaired) electrons. The predicted molar refractivity (Wildman–Crippen MR) is 112 cm³/mol. The van der Waals surface area contributed by atoms with Gasteiger partial charge in [0.25, 0.3) is 5.91 Å². The van der Waals surface area contributed by atoms with E-state index in [1.165, 1.54) is 29.5 Å². The Labute approximate surface area is 173 Å². The van der Waals surface area contributed by atoms with Gasteiger partial charge in [0, 0.05) is 28.7 Å². The van der Waals surface area contributed by atoms with Gasteiger partial charge in [0.1, 0.15) is 0 Å². The minimum atomic E-state index is -0.558. The molecule has 0 unspecified atom stereocenters. The monoisotopic (exact) mass is 404 g/mol. The quantitative estimate of drug-likeness (QED) is 0.333. The minimum absolute atomic E-state index is 0.0197. The number of carbonyl (C=O) groups is 2. The summed E-state index contributed by atoms with van der Waals surface area (Å²) in [5.41, 5.74) is 6.48. The SMILES string of the molecule is O=C(NO)c1ccc(CNC(=O)[C@@H]2Cc3c([nH]c4ccccc34)[C@@H](C3CC3)N2)cc1. The Morgan fingerprint density at radius 1 is 1.07 bits per heavy atom. The molecule has 1 aromatic heterocycles. The number of nitrogens with one attached hydrogen (secondary N) is 4. The number of rotatable bonds is 5. The maximum atomic E-state index is 13.0. The molecule has 5 rings (SSSR count). The highest BCUT2D eigenvalue weighted by Crippen LogP contribution is 2.45.